The lowest BCUT2D eigenvalue weighted by atomic mass is 9.78. The molecular weight excluding hydrogens is 841 g/mol. The quantitative estimate of drug-likeness (QED) is 0.178. The molecule has 1 aromatic heterocycles. The first-order valence-electron chi connectivity index (χ1n) is 22.9. The van der Waals surface area contributed by atoms with E-state index in [2.05, 4.69) is 16.0 Å². The third-order valence-electron chi connectivity index (χ3n) is 12.9. The summed E-state index contributed by atoms with van der Waals surface area (Å²) in [6.45, 7) is 10.3. The number of fused-ring (bicyclic) bond motifs is 2. The number of benzene rings is 1. The summed E-state index contributed by atoms with van der Waals surface area (Å²) in [5, 5.41) is 7.73. The van der Waals surface area contributed by atoms with Gasteiger partial charge in [0.25, 0.3) is 0 Å². The second-order valence-corrected chi connectivity index (χ2v) is 20.2. The first-order valence-corrected chi connectivity index (χ1v) is 22.9. The largest absolute Gasteiger partial charge is 0.458 e. The van der Waals surface area contributed by atoms with Gasteiger partial charge in [-0.25, -0.2) is 14.4 Å². The number of hydrogen-bond acceptors (Lipinski definition) is 11. The molecule has 0 spiro atoms. The SMILES string of the molecule is Cn1c(=O)n(C2CCC(=O)NC2=O)c2ccc(C[C@H]3CC[C@@H](CC(=O)N4CC[C@H]5CC[C@@H](C(=O)N[C@@H](CCC(N)=O)C(=O)OC(C)(C)C)N5C(=O)[C@@H](NC(=O)OC(C)(C)C)C4)CC3)cc21. The molecule has 19 nitrogen and oxygen atoms in total. The highest BCUT2D eigenvalue weighted by Crippen LogP contribution is 2.35. The van der Waals surface area contributed by atoms with Crippen molar-refractivity contribution in [2.45, 2.75) is 166 Å². The summed E-state index contributed by atoms with van der Waals surface area (Å²) >= 11 is 0. The second kappa shape index (κ2) is 19.8. The number of amides is 7. The first-order chi connectivity index (χ1) is 30.5. The Balaban J connectivity index is 1.10. The van der Waals surface area contributed by atoms with Crippen molar-refractivity contribution in [2.75, 3.05) is 13.1 Å². The van der Waals surface area contributed by atoms with Crippen LogP contribution in [0.15, 0.2) is 23.0 Å². The predicted molar refractivity (Wildman–Crippen MR) is 237 cm³/mol. The van der Waals surface area contributed by atoms with Gasteiger partial charge in [0.05, 0.1) is 17.6 Å². The number of nitrogens with two attached hydrogens (primary N) is 1. The highest BCUT2D eigenvalue weighted by Gasteiger charge is 2.47. The van der Waals surface area contributed by atoms with Gasteiger partial charge in [-0.1, -0.05) is 6.07 Å². The summed E-state index contributed by atoms with van der Waals surface area (Å²) in [4.78, 5) is 121. The Morgan fingerprint density at radius 2 is 1.54 bits per heavy atom. The van der Waals surface area contributed by atoms with Crippen LogP contribution in [0.4, 0.5) is 4.79 Å². The smallest absolute Gasteiger partial charge is 0.408 e. The second-order valence-electron chi connectivity index (χ2n) is 20.2. The van der Waals surface area contributed by atoms with Crippen LogP contribution in [-0.4, -0.2) is 115 Å². The Labute approximate surface area is 378 Å². The van der Waals surface area contributed by atoms with E-state index >= 15 is 0 Å². The maximum absolute atomic E-state index is 14.5. The lowest BCUT2D eigenvalue weighted by Gasteiger charge is -2.39. The summed E-state index contributed by atoms with van der Waals surface area (Å²) in [6.07, 6.45) is 4.94. The van der Waals surface area contributed by atoms with Crippen LogP contribution in [0, 0.1) is 11.8 Å². The molecule has 0 bridgehead atoms. The summed E-state index contributed by atoms with van der Waals surface area (Å²) in [7, 11) is 1.68. The highest BCUT2D eigenvalue weighted by atomic mass is 16.6. The molecule has 3 saturated heterocycles. The number of aromatic nitrogens is 2. The Hall–Kier alpha value is -5.75. The molecule has 1 saturated carbocycles. The number of ether oxygens (including phenoxy) is 2. The van der Waals surface area contributed by atoms with Crippen molar-refractivity contribution in [3.63, 3.8) is 0 Å². The summed E-state index contributed by atoms with van der Waals surface area (Å²) in [5.74, 6) is -3.01. The van der Waals surface area contributed by atoms with Gasteiger partial charge in [0.1, 0.15) is 35.4 Å². The summed E-state index contributed by atoms with van der Waals surface area (Å²) in [5.41, 5.74) is 5.72. The van der Waals surface area contributed by atoms with Crippen LogP contribution in [0.2, 0.25) is 0 Å². The number of primary amides is 1. The molecule has 7 amide bonds. The first kappa shape index (κ1) is 48.7. The van der Waals surface area contributed by atoms with E-state index in [0.717, 1.165) is 37.7 Å². The fraction of sp³-hybridized carbons (Fsp3) is 0.674. The van der Waals surface area contributed by atoms with E-state index in [1.54, 1.807) is 53.5 Å². The molecule has 0 radical (unpaired) electrons. The molecule has 1 aromatic carbocycles. The molecule has 2 aromatic rings. The maximum atomic E-state index is 14.5. The summed E-state index contributed by atoms with van der Waals surface area (Å²) in [6, 6.07) is 1.26. The minimum Gasteiger partial charge on any atom is -0.458 e. The molecule has 356 valence electrons. The van der Waals surface area contributed by atoms with Gasteiger partial charge >= 0.3 is 17.8 Å². The normalized spacial score (nSPS) is 24.6. The van der Waals surface area contributed by atoms with E-state index in [9.17, 15) is 43.2 Å². The topological polar surface area (TPSA) is 251 Å². The minimum absolute atomic E-state index is 0.0914. The Bertz CT molecular complexity index is 2250. The zero-order valence-electron chi connectivity index (χ0n) is 38.7. The molecule has 19 heteroatoms. The number of hydrogen-bond donors (Lipinski definition) is 4. The van der Waals surface area contributed by atoms with Crippen LogP contribution in [0.25, 0.3) is 11.0 Å². The number of imide groups is 1. The van der Waals surface area contributed by atoms with Gasteiger partial charge < -0.3 is 35.6 Å². The lowest BCUT2D eigenvalue weighted by molar-refractivity contribution is -0.159. The fourth-order valence-electron chi connectivity index (χ4n) is 9.71. The van der Waals surface area contributed by atoms with Crippen LogP contribution in [0.1, 0.15) is 130 Å². The number of imidazole rings is 1. The third kappa shape index (κ3) is 12.1. The van der Waals surface area contributed by atoms with Gasteiger partial charge in [-0.15, -0.1) is 0 Å². The number of piperidine rings is 1. The molecular formula is C46H66N8O11. The number of rotatable bonds is 12. The Kier molecular flexibility index (Phi) is 14.8. The fourth-order valence-corrected chi connectivity index (χ4v) is 9.71. The van der Waals surface area contributed by atoms with E-state index in [-0.39, 0.29) is 68.5 Å². The zero-order valence-corrected chi connectivity index (χ0v) is 38.7. The number of alkyl carbamates (subject to hydrolysis) is 1. The van der Waals surface area contributed by atoms with Gasteiger partial charge in [-0.3, -0.25) is 43.2 Å². The van der Waals surface area contributed by atoms with Gasteiger partial charge in [-0.05, 0) is 135 Å². The number of aryl methyl sites for hydroxylation is 1. The monoisotopic (exact) mass is 906 g/mol. The van der Waals surface area contributed by atoms with E-state index < -0.39 is 77.1 Å². The van der Waals surface area contributed by atoms with E-state index in [1.165, 1.54) is 14.0 Å². The van der Waals surface area contributed by atoms with Crippen LogP contribution < -0.4 is 27.4 Å². The predicted octanol–water partition coefficient (Wildman–Crippen LogP) is 2.63. The van der Waals surface area contributed by atoms with E-state index in [4.69, 9.17) is 15.2 Å². The Morgan fingerprint density at radius 1 is 0.862 bits per heavy atom. The lowest BCUT2D eigenvalue weighted by Crippen LogP contribution is -2.62. The average Bonchev–Trinajstić information content (AvgIpc) is 3.73. The van der Waals surface area contributed by atoms with Crippen molar-refractivity contribution in [1.29, 1.82) is 0 Å². The highest BCUT2D eigenvalue weighted by molar-refractivity contribution is 6.00. The molecule has 65 heavy (non-hydrogen) atoms. The van der Waals surface area contributed by atoms with Crippen LogP contribution in [-0.2, 0) is 56.5 Å². The number of esters is 1. The van der Waals surface area contributed by atoms with Gasteiger partial charge in [0.15, 0.2) is 0 Å². The van der Waals surface area contributed by atoms with Crippen LogP contribution in [0.3, 0.4) is 0 Å². The third-order valence-corrected chi connectivity index (χ3v) is 12.9. The molecule has 4 heterocycles. The molecule has 5 atom stereocenters. The zero-order chi connectivity index (χ0) is 47.5. The Morgan fingerprint density at radius 3 is 2.18 bits per heavy atom. The molecule has 3 aliphatic heterocycles. The molecule has 4 fully saturated rings. The molecule has 1 aliphatic carbocycles. The number of nitrogens with zero attached hydrogens (tertiary/aromatic N) is 4. The number of carbonyl (C=O) groups is 8. The maximum Gasteiger partial charge on any atom is 0.408 e. The van der Waals surface area contributed by atoms with Crippen molar-refractivity contribution in [3.8, 4) is 0 Å². The van der Waals surface area contributed by atoms with Crippen molar-refractivity contribution < 1.29 is 47.8 Å². The van der Waals surface area contributed by atoms with Crippen LogP contribution in [0.5, 0.6) is 0 Å². The van der Waals surface area contributed by atoms with Crippen molar-refractivity contribution in [2.24, 2.45) is 24.6 Å². The molecule has 1 unspecified atom stereocenters. The average molecular weight is 907 g/mol. The minimum atomic E-state index is -1.23. The van der Waals surface area contributed by atoms with Crippen molar-refractivity contribution in [3.05, 3.63) is 34.2 Å². The molecule has 4 aliphatic rings. The van der Waals surface area contributed by atoms with Gasteiger partial charge in [-0.2, -0.15) is 0 Å². The molecule has 6 rings (SSSR count). The number of carbonyl (C=O) groups excluding carboxylic acids is 8. The molecule has 5 N–H and O–H groups in total. The van der Waals surface area contributed by atoms with E-state index in [0.29, 0.717) is 36.3 Å². The van der Waals surface area contributed by atoms with Crippen molar-refractivity contribution in [1.82, 2.24) is 34.9 Å². The van der Waals surface area contributed by atoms with Crippen molar-refractivity contribution >= 4 is 58.5 Å². The van der Waals surface area contributed by atoms with Crippen LogP contribution >= 0.6 is 0 Å². The van der Waals surface area contributed by atoms with Gasteiger partial charge in [0.2, 0.25) is 35.4 Å². The number of nitrogens with one attached hydrogen (secondary N) is 3. The van der Waals surface area contributed by atoms with E-state index in [1.807, 2.05) is 18.2 Å². The standard InChI is InChI=1S/C46H66N8O11/c1-45(2,3)64-42(61)30(14-18-36(47)55)48-39(58)33-16-13-29-20-21-52(25-31(41(60)53(29)33)49-43(62)65-46(4,5)6)38(57)24-27-10-8-26(9-11-27)22-28-12-15-32-35(23-28)51(7)44(63)54(32)34-17-19-37(56)50-40(34)59/h12,15,23,26-27,29-31,33-34H,8-11,13-14,16-22,24-25H2,1-7H3,(H2,47,55)(H,48,58)(H,49,62)(H,50,56,59)/t26-,27+,29-,30+,31+,33+,34?/m1/s1. The van der Waals surface area contributed by atoms with Gasteiger partial charge in [0, 0.05) is 38.9 Å². The summed E-state index contributed by atoms with van der Waals surface area (Å²) < 4.78 is 14.0.